The summed E-state index contributed by atoms with van der Waals surface area (Å²) in [6, 6.07) is 0.719. The second-order valence-electron chi connectivity index (χ2n) is 4.83. The standard InChI is InChI=1S/C12H16ClN3/c13-5-10-6-15-12(7-14-10)16(11-3-4-11)8-9-1-2-9/h6-7,9,11H,1-5,8H2. The molecule has 0 unspecified atom stereocenters. The molecule has 1 aromatic heterocycles. The van der Waals surface area contributed by atoms with E-state index >= 15 is 0 Å². The van der Waals surface area contributed by atoms with Gasteiger partial charge >= 0.3 is 0 Å². The Morgan fingerprint density at radius 2 is 2.00 bits per heavy atom. The summed E-state index contributed by atoms with van der Waals surface area (Å²) in [5, 5.41) is 0. The number of nitrogens with zero attached hydrogens (tertiary/aromatic N) is 3. The summed E-state index contributed by atoms with van der Waals surface area (Å²) in [6.45, 7) is 1.17. The van der Waals surface area contributed by atoms with E-state index in [0.29, 0.717) is 5.88 Å². The first-order valence-corrected chi connectivity index (χ1v) is 6.54. The predicted molar refractivity (Wildman–Crippen MR) is 64.7 cm³/mol. The fourth-order valence-electron chi connectivity index (χ4n) is 1.96. The molecule has 1 heterocycles. The van der Waals surface area contributed by atoms with Crippen molar-refractivity contribution in [3.05, 3.63) is 18.1 Å². The van der Waals surface area contributed by atoms with E-state index in [1.807, 2.05) is 6.20 Å². The van der Waals surface area contributed by atoms with Gasteiger partial charge in [-0.2, -0.15) is 0 Å². The summed E-state index contributed by atoms with van der Waals surface area (Å²) in [7, 11) is 0. The molecule has 86 valence electrons. The fourth-order valence-corrected chi connectivity index (χ4v) is 2.10. The number of alkyl halides is 1. The Hall–Kier alpha value is -0.830. The van der Waals surface area contributed by atoms with Crippen LogP contribution in [0.1, 0.15) is 31.4 Å². The van der Waals surface area contributed by atoms with Gasteiger partial charge in [-0.05, 0) is 31.6 Å². The lowest BCUT2D eigenvalue weighted by molar-refractivity contribution is 0.706. The van der Waals surface area contributed by atoms with E-state index in [1.54, 1.807) is 6.20 Å². The molecule has 4 heteroatoms. The number of anilines is 1. The maximum atomic E-state index is 5.71. The van der Waals surface area contributed by atoms with Gasteiger partial charge < -0.3 is 4.90 Å². The summed E-state index contributed by atoms with van der Waals surface area (Å²) in [4.78, 5) is 11.2. The average Bonchev–Trinajstić information content (AvgIpc) is 3.16. The van der Waals surface area contributed by atoms with Crippen LogP contribution in [0.2, 0.25) is 0 Å². The molecule has 3 rings (SSSR count). The average molecular weight is 238 g/mol. The van der Waals surface area contributed by atoms with Gasteiger partial charge in [-0.1, -0.05) is 0 Å². The minimum atomic E-state index is 0.444. The molecule has 0 saturated heterocycles. The highest BCUT2D eigenvalue weighted by Crippen LogP contribution is 2.36. The summed E-state index contributed by atoms with van der Waals surface area (Å²) in [5.74, 6) is 2.37. The van der Waals surface area contributed by atoms with Crippen LogP contribution in [0.5, 0.6) is 0 Å². The van der Waals surface area contributed by atoms with Crippen molar-refractivity contribution >= 4 is 17.4 Å². The molecule has 0 N–H and O–H groups in total. The Bertz CT molecular complexity index is 357. The maximum Gasteiger partial charge on any atom is 0.147 e. The molecule has 0 spiro atoms. The normalized spacial score (nSPS) is 19.8. The lowest BCUT2D eigenvalue weighted by atomic mass is 10.3. The maximum absolute atomic E-state index is 5.71. The summed E-state index contributed by atoms with van der Waals surface area (Å²) >= 11 is 5.71. The van der Waals surface area contributed by atoms with Gasteiger partial charge in [0.15, 0.2) is 0 Å². The van der Waals surface area contributed by atoms with E-state index in [-0.39, 0.29) is 0 Å². The smallest absolute Gasteiger partial charge is 0.147 e. The first-order valence-electron chi connectivity index (χ1n) is 6.00. The minimum absolute atomic E-state index is 0.444. The highest BCUT2D eigenvalue weighted by Gasteiger charge is 2.34. The van der Waals surface area contributed by atoms with Crippen molar-refractivity contribution in [1.82, 2.24) is 9.97 Å². The zero-order valence-electron chi connectivity index (χ0n) is 9.27. The van der Waals surface area contributed by atoms with Gasteiger partial charge in [-0.25, -0.2) is 4.98 Å². The highest BCUT2D eigenvalue weighted by atomic mass is 35.5. The van der Waals surface area contributed by atoms with Crippen LogP contribution in [-0.2, 0) is 5.88 Å². The zero-order chi connectivity index (χ0) is 11.0. The number of rotatable bonds is 5. The summed E-state index contributed by atoms with van der Waals surface area (Å²) in [5.41, 5.74) is 0.854. The van der Waals surface area contributed by atoms with Gasteiger partial charge in [-0.15, -0.1) is 11.6 Å². The third-order valence-electron chi connectivity index (χ3n) is 3.26. The molecule has 0 amide bonds. The SMILES string of the molecule is ClCc1cnc(N(CC2CC2)C2CC2)cn1. The highest BCUT2D eigenvalue weighted by molar-refractivity contribution is 6.16. The largest absolute Gasteiger partial charge is 0.352 e. The number of hydrogen-bond acceptors (Lipinski definition) is 3. The van der Waals surface area contributed by atoms with Gasteiger partial charge in [-0.3, -0.25) is 4.98 Å². The molecule has 0 radical (unpaired) electrons. The summed E-state index contributed by atoms with van der Waals surface area (Å²) < 4.78 is 0. The van der Waals surface area contributed by atoms with E-state index in [2.05, 4.69) is 14.9 Å². The summed E-state index contributed by atoms with van der Waals surface area (Å²) in [6.07, 6.45) is 9.06. The predicted octanol–water partition coefficient (Wildman–Crippen LogP) is 2.59. The van der Waals surface area contributed by atoms with E-state index in [0.717, 1.165) is 23.5 Å². The van der Waals surface area contributed by atoms with Crippen LogP contribution in [0, 0.1) is 5.92 Å². The Morgan fingerprint density at radius 3 is 2.50 bits per heavy atom. The molecule has 2 aliphatic carbocycles. The molecule has 0 atom stereocenters. The lowest BCUT2D eigenvalue weighted by Gasteiger charge is -2.22. The third-order valence-corrected chi connectivity index (χ3v) is 3.54. The number of aromatic nitrogens is 2. The minimum Gasteiger partial charge on any atom is -0.352 e. The molecule has 0 aromatic carbocycles. The first-order chi connectivity index (χ1) is 7.86. The Balaban J connectivity index is 1.74. The molecule has 0 bridgehead atoms. The van der Waals surface area contributed by atoms with Crippen LogP contribution in [0.4, 0.5) is 5.82 Å². The van der Waals surface area contributed by atoms with Crippen LogP contribution in [0.25, 0.3) is 0 Å². The van der Waals surface area contributed by atoms with Gasteiger partial charge in [0.1, 0.15) is 5.82 Å². The van der Waals surface area contributed by atoms with Crippen molar-refractivity contribution in [2.75, 3.05) is 11.4 Å². The van der Waals surface area contributed by atoms with Gasteiger partial charge in [0, 0.05) is 12.6 Å². The molecular weight excluding hydrogens is 222 g/mol. The molecule has 16 heavy (non-hydrogen) atoms. The molecule has 2 fully saturated rings. The van der Waals surface area contributed by atoms with Gasteiger partial charge in [0.25, 0.3) is 0 Å². The van der Waals surface area contributed by atoms with Gasteiger partial charge in [0.2, 0.25) is 0 Å². The van der Waals surface area contributed by atoms with Crippen molar-refractivity contribution in [3.8, 4) is 0 Å². The van der Waals surface area contributed by atoms with Crippen LogP contribution in [0.15, 0.2) is 12.4 Å². The second kappa shape index (κ2) is 4.21. The van der Waals surface area contributed by atoms with Crippen LogP contribution >= 0.6 is 11.6 Å². The third kappa shape index (κ3) is 2.29. The molecule has 0 aliphatic heterocycles. The van der Waals surface area contributed by atoms with Crippen LogP contribution in [0.3, 0.4) is 0 Å². The quantitative estimate of drug-likeness (QED) is 0.738. The second-order valence-corrected chi connectivity index (χ2v) is 5.09. The van der Waals surface area contributed by atoms with Gasteiger partial charge in [0.05, 0.1) is 24.0 Å². The van der Waals surface area contributed by atoms with E-state index in [1.165, 1.54) is 32.2 Å². The molecule has 1 aromatic rings. The Kier molecular flexibility index (Phi) is 2.72. The van der Waals surface area contributed by atoms with Crippen LogP contribution < -0.4 is 4.90 Å². The molecule has 3 nitrogen and oxygen atoms in total. The Morgan fingerprint density at radius 1 is 1.19 bits per heavy atom. The molecule has 2 aliphatic rings. The van der Waals surface area contributed by atoms with Crippen molar-refractivity contribution in [3.63, 3.8) is 0 Å². The number of hydrogen-bond donors (Lipinski definition) is 0. The van der Waals surface area contributed by atoms with E-state index < -0.39 is 0 Å². The zero-order valence-corrected chi connectivity index (χ0v) is 10.0. The van der Waals surface area contributed by atoms with Crippen molar-refractivity contribution < 1.29 is 0 Å². The van der Waals surface area contributed by atoms with E-state index in [4.69, 9.17) is 11.6 Å². The van der Waals surface area contributed by atoms with Crippen molar-refractivity contribution in [1.29, 1.82) is 0 Å². The van der Waals surface area contributed by atoms with Crippen LogP contribution in [-0.4, -0.2) is 22.6 Å². The molecular formula is C12H16ClN3. The lowest BCUT2D eigenvalue weighted by Crippen LogP contribution is -2.29. The topological polar surface area (TPSA) is 29.0 Å². The fraction of sp³-hybridized carbons (Fsp3) is 0.667. The van der Waals surface area contributed by atoms with Crippen molar-refractivity contribution in [2.24, 2.45) is 5.92 Å². The van der Waals surface area contributed by atoms with Crippen molar-refractivity contribution in [2.45, 2.75) is 37.6 Å². The molecule has 2 saturated carbocycles. The first kappa shape index (κ1) is 10.3. The Labute approximate surface area is 101 Å². The number of halogens is 1. The monoisotopic (exact) mass is 237 g/mol. The van der Waals surface area contributed by atoms with E-state index in [9.17, 15) is 0 Å².